The van der Waals surface area contributed by atoms with Gasteiger partial charge in [-0.15, -0.1) is 0 Å². The third-order valence-electron chi connectivity index (χ3n) is 6.85. The van der Waals surface area contributed by atoms with Crippen LogP contribution in [0.15, 0.2) is 75.0 Å². The number of nitrogens with zero attached hydrogens (tertiary/aromatic N) is 2. The number of hydrogen-bond acceptors (Lipinski definition) is 6. The Morgan fingerprint density at radius 1 is 1.00 bits per heavy atom. The number of aliphatic hydroxyl groups is 1. The molecule has 0 aliphatic carbocycles. The minimum absolute atomic E-state index is 0.0988. The Morgan fingerprint density at radius 2 is 1.64 bits per heavy atom. The van der Waals surface area contributed by atoms with Gasteiger partial charge < -0.3 is 20.1 Å². The molecule has 4 rings (SSSR count). The lowest BCUT2D eigenvalue weighted by molar-refractivity contribution is -0.215. The predicted molar refractivity (Wildman–Crippen MR) is 149 cm³/mol. The normalized spacial score (nSPS) is 13.2. The summed E-state index contributed by atoms with van der Waals surface area (Å²) in [6.45, 7) is 1.96. The molecule has 4 aromatic rings. The van der Waals surface area contributed by atoms with Crippen LogP contribution in [0.1, 0.15) is 19.4 Å². The van der Waals surface area contributed by atoms with Crippen molar-refractivity contribution in [2.45, 2.75) is 45.3 Å². The van der Waals surface area contributed by atoms with Crippen molar-refractivity contribution in [3.8, 4) is 17.0 Å². The van der Waals surface area contributed by atoms with Crippen molar-refractivity contribution >= 4 is 16.8 Å². The summed E-state index contributed by atoms with van der Waals surface area (Å²) < 4.78 is 46.7. The Morgan fingerprint density at radius 3 is 2.21 bits per heavy atom. The van der Waals surface area contributed by atoms with Gasteiger partial charge in [0.05, 0.1) is 30.8 Å². The van der Waals surface area contributed by atoms with E-state index in [1.807, 2.05) is 0 Å². The number of amides is 1. The number of methoxy groups -OCH3 is 1. The molecule has 0 bridgehead atoms. The molecule has 2 aromatic heterocycles. The Labute approximate surface area is 237 Å². The molecule has 13 heteroatoms. The predicted octanol–water partition coefficient (Wildman–Crippen LogP) is 2.64. The number of H-pyrrole nitrogens is 1. The largest absolute Gasteiger partial charge is 0.497 e. The summed E-state index contributed by atoms with van der Waals surface area (Å²) in [5.74, 6) is -1.19. The van der Waals surface area contributed by atoms with Crippen molar-refractivity contribution < 1.29 is 27.8 Å². The number of rotatable bonds is 9. The SMILES string of the molecule is COc1ccc(Cn2c(=O)[nH]c3c(=O)n(CC(=O)NC(C(C)C)C(O)C(F)(F)F)c(-c4ccccc4)cc3c2=O)cc1. The molecule has 2 aromatic carbocycles. The van der Waals surface area contributed by atoms with E-state index in [-0.39, 0.29) is 23.1 Å². The van der Waals surface area contributed by atoms with Gasteiger partial charge in [-0.05, 0) is 35.2 Å². The van der Waals surface area contributed by atoms with Gasteiger partial charge in [-0.2, -0.15) is 13.2 Å². The maximum Gasteiger partial charge on any atom is 0.416 e. The lowest BCUT2D eigenvalue weighted by Crippen LogP contribution is -2.53. The van der Waals surface area contributed by atoms with Crippen molar-refractivity contribution in [3.05, 3.63) is 97.4 Å². The average molecular weight is 587 g/mol. The number of alkyl halides is 3. The lowest BCUT2D eigenvalue weighted by Gasteiger charge is -2.29. The van der Waals surface area contributed by atoms with E-state index in [1.54, 1.807) is 54.6 Å². The Hall–Kier alpha value is -4.65. The van der Waals surface area contributed by atoms with E-state index >= 15 is 0 Å². The minimum Gasteiger partial charge on any atom is -0.497 e. The number of pyridine rings is 1. The zero-order chi connectivity index (χ0) is 30.8. The van der Waals surface area contributed by atoms with E-state index in [4.69, 9.17) is 4.74 Å². The Bertz CT molecular complexity index is 1760. The first-order valence-electron chi connectivity index (χ1n) is 12.9. The molecule has 0 fully saturated rings. The van der Waals surface area contributed by atoms with E-state index in [0.717, 1.165) is 9.13 Å². The highest BCUT2D eigenvalue weighted by Gasteiger charge is 2.45. The smallest absolute Gasteiger partial charge is 0.416 e. The molecule has 0 saturated carbocycles. The van der Waals surface area contributed by atoms with Crippen LogP contribution in [0.4, 0.5) is 13.2 Å². The van der Waals surface area contributed by atoms with Crippen LogP contribution in [0.25, 0.3) is 22.2 Å². The monoisotopic (exact) mass is 586 g/mol. The first-order chi connectivity index (χ1) is 19.8. The van der Waals surface area contributed by atoms with Crippen LogP contribution in [-0.2, 0) is 17.9 Å². The van der Waals surface area contributed by atoms with Gasteiger partial charge in [0.15, 0.2) is 6.10 Å². The van der Waals surface area contributed by atoms with Crippen LogP contribution < -0.4 is 26.9 Å². The number of aliphatic hydroxyl groups excluding tert-OH is 1. The molecule has 2 heterocycles. The zero-order valence-corrected chi connectivity index (χ0v) is 22.9. The second-order valence-electron chi connectivity index (χ2n) is 10.1. The van der Waals surface area contributed by atoms with E-state index < -0.39 is 53.5 Å². The maximum atomic E-state index is 13.6. The summed E-state index contributed by atoms with van der Waals surface area (Å²) in [5.41, 5.74) is -1.69. The fourth-order valence-corrected chi connectivity index (χ4v) is 4.60. The van der Waals surface area contributed by atoms with E-state index in [0.29, 0.717) is 16.9 Å². The van der Waals surface area contributed by atoms with Crippen LogP contribution >= 0.6 is 0 Å². The summed E-state index contributed by atoms with van der Waals surface area (Å²) in [6.07, 6.45) is -7.81. The van der Waals surface area contributed by atoms with Crippen molar-refractivity contribution in [1.29, 1.82) is 0 Å². The van der Waals surface area contributed by atoms with Crippen LogP contribution in [0.2, 0.25) is 0 Å². The first kappa shape index (κ1) is 30.3. The zero-order valence-electron chi connectivity index (χ0n) is 22.9. The van der Waals surface area contributed by atoms with Gasteiger partial charge in [0, 0.05) is 0 Å². The quantitative estimate of drug-likeness (QED) is 0.276. The fourth-order valence-electron chi connectivity index (χ4n) is 4.60. The molecule has 0 saturated heterocycles. The molecule has 0 radical (unpaired) electrons. The van der Waals surface area contributed by atoms with Gasteiger partial charge in [0.25, 0.3) is 11.1 Å². The molecule has 2 atom stereocenters. The van der Waals surface area contributed by atoms with Gasteiger partial charge in [-0.3, -0.25) is 23.5 Å². The van der Waals surface area contributed by atoms with E-state index in [1.165, 1.54) is 27.0 Å². The molecule has 2 unspecified atom stereocenters. The number of halogens is 3. The molecule has 10 nitrogen and oxygen atoms in total. The van der Waals surface area contributed by atoms with Crippen molar-refractivity contribution in [2.75, 3.05) is 7.11 Å². The maximum absolute atomic E-state index is 13.6. The highest BCUT2D eigenvalue weighted by molar-refractivity contribution is 5.83. The number of hydrogen-bond donors (Lipinski definition) is 3. The van der Waals surface area contributed by atoms with Crippen LogP contribution in [0.5, 0.6) is 5.75 Å². The number of carbonyl (C=O) groups excluding carboxylic acids is 1. The molecule has 0 aliphatic rings. The summed E-state index contributed by atoms with van der Waals surface area (Å²) >= 11 is 0. The molecule has 3 N–H and O–H groups in total. The van der Waals surface area contributed by atoms with Crippen molar-refractivity contribution in [1.82, 2.24) is 19.4 Å². The van der Waals surface area contributed by atoms with Gasteiger partial charge in [0.2, 0.25) is 5.91 Å². The number of aromatic nitrogens is 3. The molecular formula is C29H29F3N4O6. The second kappa shape index (κ2) is 12.1. The first-order valence-corrected chi connectivity index (χ1v) is 12.9. The van der Waals surface area contributed by atoms with Gasteiger partial charge in [0.1, 0.15) is 17.8 Å². The number of nitrogens with one attached hydrogen (secondary N) is 2. The van der Waals surface area contributed by atoms with Gasteiger partial charge >= 0.3 is 11.9 Å². The highest BCUT2D eigenvalue weighted by atomic mass is 19.4. The molecule has 222 valence electrons. The summed E-state index contributed by atoms with van der Waals surface area (Å²) in [5, 5.41) is 11.8. The average Bonchev–Trinajstić information content (AvgIpc) is 2.95. The highest BCUT2D eigenvalue weighted by Crippen LogP contribution is 2.26. The number of carbonyl (C=O) groups is 1. The second-order valence-corrected chi connectivity index (χ2v) is 10.1. The molecular weight excluding hydrogens is 557 g/mol. The molecule has 42 heavy (non-hydrogen) atoms. The number of aromatic amines is 1. The van der Waals surface area contributed by atoms with Crippen LogP contribution in [0, 0.1) is 5.92 Å². The van der Waals surface area contributed by atoms with Crippen LogP contribution in [0.3, 0.4) is 0 Å². The number of fused-ring (bicyclic) bond motifs is 1. The Balaban J connectivity index is 1.81. The van der Waals surface area contributed by atoms with Gasteiger partial charge in [-0.1, -0.05) is 56.3 Å². The fraction of sp³-hybridized carbons (Fsp3) is 0.310. The standard InChI is InChI=1S/C29H29F3N4O6/c1-16(2)23(25(38)29(30,31)32)33-22(37)15-35-21(18-7-5-4-6-8-18)13-20-24(27(35)40)34-28(41)36(26(20)39)14-17-9-11-19(42-3)12-10-17/h4-13,16,23,25,38H,14-15H2,1-3H3,(H,33,37)(H,34,41). The third kappa shape index (κ3) is 6.30. The van der Waals surface area contributed by atoms with Crippen molar-refractivity contribution in [2.24, 2.45) is 5.92 Å². The van der Waals surface area contributed by atoms with E-state index in [2.05, 4.69) is 10.3 Å². The van der Waals surface area contributed by atoms with Gasteiger partial charge in [-0.25, -0.2) is 4.79 Å². The molecule has 1 amide bonds. The lowest BCUT2D eigenvalue weighted by atomic mass is 9.98. The third-order valence-corrected chi connectivity index (χ3v) is 6.85. The minimum atomic E-state index is -4.98. The summed E-state index contributed by atoms with van der Waals surface area (Å²) in [7, 11) is 1.50. The number of benzene rings is 2. The number of ether oxygens (including phenoxy) is 1. The Kier molecular flexibility index (Phi) is 8.71. The topological polar surface area (TPSA) is 135 Å². The molecule has 0 aliphatic heterocycles. The summed E-state index contributed by atoms with van der Waals surface area (Å²) in [6, 6.07) is 14.7. The van der Waals surface area contributed by atoms with Crippen molar-refractivity contribution in [3.63, 3.8) is 0 Å². The summed E-state index contributed by atoms with van der Waals surface area (Å²) in [4.78, 5) is 55.5. The van der Waals surface area contributed by atoms with E-state index in [9.17, 15) is 37.5 Å². The molecule has 0 spiro atoms. The van der Waals surface area contributed by atoms with Crippen LogP contribution in [-0.4, -0.2) is 50.6 Å².